The van der Waals surface area contributed by atoms with Crippen molar-refractivity contribution in [3.05, 3.63) is 46.2 Å². The van der Waals surface area contributed by atoms with Crippen LogP contribution >= 0.6 is 0 Å². The van der Waals surface area contributed by atoms with Gasteiger partial charge in [0.05, 0.1) is 12.1 Å². The zero-order chi connectivity index (χ0) is 15.0. The number of nitrogens with zero attached hydrogens (tertiary/aromatic N) is 1. The van der Waals surface area contributed by atoms with E-state index in [0.717, 1.165) is 5.69 Å². The summed E-state index contributed by atoms with van der Waals surface area (Å²) in [5, 5.41) is 18.2. The predicted octanol–water partition coefficient (Wildman–Crippen LogP) is 2.45. The summed E-state index contributed by atoms with van der Waals surface area (Å²) in [5.41, 5.74) is 1.63. The second kappa shape index (κ2) is 4.88. The van der Waals surface area contributed by atoms with E-state index < -0.39 is 11.9 Å². The number of hydrogen-bond acceptors (Lipinski definition) is 3. The maximum Gasteiger partial charge on any atom is 0.339 e. The molecule has 2 aromatic rings. The molecule has 0 aliphatic heterocycles. The molecular weight excluding hydrogens is 262 g/mol. The number of aryl methyl sites for hydroxylation is 3. The Kier molecular flexibility index (Phi) is 3.40. The molecule has 0 radical (unpaired) electrons. The van der Waals surface area contributed by atoms with Crippen LogP contribution in [0, 0.1) is 20.8 Å². The van der Waals surface area contributed by atoms with E-state index in [9.17, 15) is 14.7 Å². The Morgan fingerprint density at radius 3 is 2.30 bits per heavy atom. The number of hydrogen-bond donors (Lipinski definition) is 2. The highest BCUT2D eigenvalue weighted by Crippen LogP contribution is 2.24. The summed E-state index contributed by atoms with van der Waals surface area (Å²) >= 11 is 0. The number of carbonyl (C=O) groups is 2. The summed E-state index contributed by atoms with van der Waals surface area (Å²) in [5.74, 6) is -1.17. The number of furan rings is 1. The molecule has 20 heavy (non-hydrogen) atoms. The molecule has 0 fully saturated rings. The largest absolute Gasteiger partial charge is 0.478 e. The van der Waals surface area contributed by atoms with Gasteiger partial charge in [0.2, 0.25) is 0 Å². The lowest BCUT2D eigenvalue weighted by Gasteiger charge is -2.06. The molecule has 6 nitrogen and oxygen atoms in total. The Balaban J connectivity index is 2.45. The van der Waals surface area contributed by atoms with Crippen LogP contribution in [0.4, 0.5) is 0 Å². The van der Waals surface area contributed by atoms with Crippen molar-refractivity contribution < 1.29 is 24.2 Å². The number of aromatic nitrogens is 1. The molecule has 0 saturated heterocycles. The third kappa shape index (κ3) is 2.32. The first-order valence-corrected chi connectivity index (χ1v) is 6.03. The second-order valence-electron chi connectivity index (χ2n) is 4.68. The van der Waals surface area contributed by atoms with Gasteiger partial charge >= 0.3 is 11.9 Å². The minimum absolute atomic E-state index is 0.146. The van der Waals surface area contributed by atoms with Crippen molar-refractivity contribution in [1.82, 2.24) is 4.57 Å². The molecule has 0 saturated carbocycles. The fraction of sp³-hybridized carbons (Fsp3) is 0.286. The second-order valence-corrected chi connectivity index (χ2v) is 4.68. The Hall–Kier alpha value is -2.50. The van der Waals surface area contributed by atoms with Gasteiger partial charge in [0.1, 0.15) is 17.1 Å². The highest BCUT2D eigenvalue weighted by atomic mass is 16.4. The van der Waals surface area contributed by atoms with Gasteiger partial charge in [0.15, 0.2) is 0 Å². The zero-order valence-corrected chi connectivity index (χ0v) is 11.4. The molecule has 6 heteroatoms. The van der Waals surface area contributed by atoms with Gasteiger partial charge in [-0.05, 0) is 26.8 Å². The molecule has 2 aromatic heterocycles. The van der Waals surface area contributed by atoms with Crippen LogP contribution in [0.5, 0.6) is 0 Å². The van der Waals surface area contributed by atoms with Crippen LogP contribution in [0.2, 0.25) is 0 Å². The normalized spacial score (nSPS) is 10.8. The van der Waals surface area contributed by atoms with Crippen molar-refractivity contribution >= 4 is 11.9 Å². The molecule has 0 aliphatic carbocycles. The topological polar surface area (TPSA) is 92.7 Å². The van der Waals surface area contributed by atoms with Gasteiger partial charge in [-0.2, -0.15) is 0 Å². The van der Waals surface area contributed by atoms with E-state index in [4.69, 9.17) is 9.52 Å². The molecule has 0 amide bonds. The molecule has 0 atom stereocenters. The first-order chi connectivity index (χ1) is 9.31. The lowest BCUT2D eigenvalue weighted by Crippen LogP contribution is -2.07. The van der Waals surface area contributed by atoms with Gasteiger partial charge in [-0.3, -0.25) is 0 Å². The van der Waals surface area contributed by atoms with E-state index in [1.807, 2.05) is 0 Å². The maximum atomic E-state index is 11.3. The van der Waals surface area contributed by atoms with Crippen molar-refractivity contribution in [2.75, 3.05) is 0 Å². The van der Waals surface area contributed by atoms with Crippen LogP contribution in [0.15, 0.2) is 16.7 Å². The quantitative estimate of drug-likeness (QED) is 0.895. The van der Waals surface area contributed by atoms with Crippen molar-refractivity contribution in [3.63, 3.8) is 0 Å². The summed E-state index contributed by atoms with van der Waals surface area (Å²) in [6.45, 7) is 5.34. The SMILES string of the molecule is Cc1oc(C)c(C(=O)O)c1Cn1cc(C(=O)O)cc1C. The van der Waals surface area contributed by atoms with Crippen LogP contribution in [-0.4, -0.2) is 26.7 Å². The smallest absolute Gasteiger partial charge is 0.339 e. The summed E-state index contributed by atoms with van der Waals surface area (Å²) in [7, 11) is 0. The summed E-state index contributed by atoms with van der Waals surface area (Å²) in [6.07, 6.45) is 1.49. The van der Waals surface area contributed by atoms with E-state index in [-0.39, 0.29) is 17.7 Å². The third-order valence-corrected chi connectivity index (χ3v) is 3.29. The van der Waals surface area contributed by atoms with Crippen molar-refractivity contribution in [1.29, 1.82) is 0 Å². The van der Waals surface area contributed by atoms with Gasteiger partial charge in [-0.15, -0.1) is 0 Å². The van der Waals surface area contributed by atoms with E-state index in [1.165, 1.54) is 6.20 Å². The lowest BCUT2D eigenvalue weighted by molar-refractivity contribution is 0.0683. The summed E-state index contributed by atoms with van der Waals surface area (Å²) in [6, 6.07) is 1.55. The molecule has 0 spiro atoms. The molecule has 2 heterocycles. The zero-order valence-electron chi connectivity index (χ0n) is 11.4. The molecule has 2 N–H and O–H groups in total. The monoisotopic (exact) mass is 277 g/mol. The molecule has 0 unspecified atom stereocenters. The maximum absolute atomic E-state index is 11.3. The predicted molar refractivity (Wildman–Crippen MR) is 70.4 cm³/mol. The minimum Gasteiger partial charge on any atom is -0.478 e. The standard InChI is InChI=1S/C14H15NO5/c1-7-4-10(13(16)17)5-15(7)6-11-8(2)20-9(3)12(11)14(18)19/h4-5H,6H2,1-3H3,(H,16,17)(H,18,19). The first-order valence-electron chi connectivity index (χ1n) is 6.03. The van der Waals surface area contributed by atoms with Crippen molar-refractivity contribution in [2.24, 2.45) is 0 Å². The number of carboxylic acid groups (broad SMARTS) is 2. The van der Waals surface area contributed by atoms with Crippen LogP contribution in [0.1, 0.15) is 43.5 Å². The third-order valence-electron chi connectivity index (χ3n) is 3.29. The van der Waals surface area contributed by atoms with Crippen LogP contribution < -0.4 is 0 Å². The Labute approximate surface area is 115 Å². The van der Waals surface area contributed by atoms with Gasteiger partial charge in [0.25, 0.3) is 0 Å². The summed E-state index contributed by atoms with van der Waals surface area (Å²) in [4.78, 5) is 22.2. The molecule has 0 bridgehead atoms. The molecular formula is C14H15NO5. The average molecular weight is 277 g/mol. The minimum atomic E-state index is -1.04. The van der Waals surface area contributed by atoms with Gasteiger partial charge < -0.3 is 19.2 Å². The van der Waals surface area contributed by atoms with E-state index in [1.54, 1.807) is 31.4 Å². The Morgan fingerprint density at radius 1 is 1.15 bits per heavy atom. The van der Waals surface area contributed by atoms with Crippen LogP contribution in [0.25, 0.3) is 0 Å². The van der Waals surface area contributed by atoms with Gasteiger partial charge in [-0.1, -0.05) is 0 Å². The Bertz CT molecular complexity index is 693. The highest BCUT2D eigenvalue weighted by molar-refractivity contribution is 5.91. The molecule has 2 rings (SSSR count). The first kappa shape index (κ1) is 13.9. The van der Waals surface area contributed by atoms with E-state index in [2.05, 4.69) is 0 Å². The highest BCUT2D eigenvalue weighted by Gasteiger charge is 2.21. The van der Waals surface area contributed by atoms with Crippen LogP contribution in [-0.2, 0) is 6.54 Å². The number of aromatic carboxylic acids is 2. The van der Waals surface area contributed by atoms with Crippen molar-refractivity contribution in [2.45, 2.75) is 27.3 Å². The fourth-order valence-electron chi connectivity index (χ4n) is 2.27. The molecule has 0 aromatic carbocycles. The lowest BCUT2D eigenvalue weighted by atomic mass is 10.1. The molecule has 106 valence electrons. The van der Waals surface area contributed by atoms with E-state index in [0.29, 0.717) is 17.1 Å². The van der Waals surface area contributed by atoms with Gasteiger partial charge in [0, 0.05) is 17.5 Å². The van der Waals surface area contributed by atoms with Crippen molar-refractivity contribution in [3.8, 4) is 0 Å². The Morgan fingerprint density at radius 2 is 1.80 bits per heavy atom. The van der Waals surface area contributed by atoms with Gasteiger partial charge in [-0.25, -0.2) is 9.59 Å². The van der Waals surface area contributed by atoms with E-state index >= 15 is 0 Å². The molecule has 0 aliphatic rings. The fourth-order valence-corrected chi connectivity index (χ4v) is 2.27. The summed E-state index contributed by atoms with van der Waals surface area (Å²) < 4.78 is 7.06. The van der Waals surface area contributed by atoms with Crippen LogP contribution in [0.3, 0.4) is 0 Å². The number of rotatable bonds is 4. The average Bonchev–Trinajstić information content (AvgIpc) is 2.81. The number of carboxylic acids is 2.